The van der Waals surface area contributed by atoms with Gasteiger partial charge in [-0.3, -0.25) is 20.3 Å². The lowest BCUT2D eigenvalue weighted by atomic mass is 10.2. The van der Waals surface area contributed by atoms with Crippen LogP contribution in [0, 0.1) is 21.4 Å². The molecule has 9 nitrogen and oxygen atoms in total. The summed E-state index contributed by atoms with van der Waals surface area (Å²) in [5.41, 5.74) is 3.46. The van der Waals surface area contributed by atoms with Crippen molar-refractivity contribution in [2.75, 3.05) is 10.1 Å². The zero-order chi connectivity index (χ0) is 22.4. The van der Waals surface area contributed by atoms with E-state index in [0.717, 1.165) is 6.07 Å². The number of hydrogen-bond donors (Lipinski definition) is 2. The molecule has 0 aliphatic rings. The molecule has 0 saturated heterocycles. The van der Waals surface area contributed by atoms with Crippen LogP contribution in [0.25, 0.3) is 0 Å². The number of nitrogens with one attached hydrogen (secondary N) is 2. The predicted octanol–water partition coefficient (Wildman–Crippen LogP) is 4.37. The molecule has 11 heteroatoms. The van der Waals surface area contributed by atoms with Gasteiger partial charge < -0.3 is 0 Å². The van der Waals surface area contributed by atoms with Crippen LogP contribution in [0.5, 0.6) is 0 Å². The molecule has 2 N–H and O–H groups in total. The van der Waals surface area contributed by atoms with Gasteiger partial charge in [-0.25, -0.2) is 8.42 Å². The lowest BCUT2D eigenvalue weighted by Gasteiger charge is -2.09. The Bertz CT molecular complexity index is 1300. The molecule has 156 valence electrons. The maximum absolute atomic E-state index is 12.6. The molecule has 31 heavy (non-hydrogen) atoms. The van der Waals surface area contributed by atoms with Crippen molar-refractivity contribution >= 4 is 44.9 Å². The Balaban J connectivity index is 1.82. The van der Waals surface area contributed by atoms with Gasteiger partial charge in [0.15, 0.2) is 0 Å². The maximum atomic E-state index is 12.6. The van der Waals surface area contributed by atoms with Crippen LogP contribution < -0.4 is 10.1 Å². The Hall–Kier alpha value is -3.94. The molecule has 0 aromatic heterocycles. The van der Waals surface area contributed by atoms with Crippen LogP contribution in [0.15, 0.2) is 76.7 Å². The summed E-state index contributed by atoms with van der Waals surface area (Å²) in [5.74, 6) is 0. The summed E-state index contributed by atoms with van der Waals surface area (Å²) in [6, 6.07) is 18.0. The third kappa shape index (κ3) is 5.57. The van der Waals surface area contributed by atoms with Gasteiger partial charge in [-0.1, -0.05) is 29.8 Å². The SMILES string of the molecule is N#Cc1ccc(/C=N/Nc2ccc(S(=O)(=O)Nc3cccc(Cl)c3)cc2[N+](=O)[O-])cc1. The van der Waals surface area contributed by atoms with Crippen LogP contribution in [0.3, 0.4) is 0 Å². The highest BCUT2D eigenvalue weighted by Gasteiger charge is 2.21. The maximum Gasteiger partial charge on any atom is 0.295 e. The Morgan fingerprint density at radius 3 is 2.48 bits per heavy atom. The Morgan fingerprint density at radius 1 is 1.10 bits per heavy atom. The van der Waals surface area contributed by atoms with Gasteiger partial charge in [0.25, 0.3) is 15.7 Å². The first-order valence-electron chi connectivity index (χ1n) is 8.64. The summed E-state index contributed by atoms with van der Waals surface area (Å²) < 4.78 is 27.5. The number of nitriles is 1. The van der Waals surface area contributed by atoms with E-state index in [0.29, 0.717) is 16.1 Å². The summed E-state index contributed by atoms with van der Waals surface area (Å²) in [5, 5.41) is 24.5. The number of rotatable bonds is 7. The van der Waals surface area contributed by atoms with E-state index in [9.17, 15) is 18.5 Å². The van der Waals surface area contributed by atoms with Crippen molar-refractivity contribution in [2.45, 2.75) is 4.90 Å². The van der Waals surface area contributed by atoms with Crippen LogP contribution in [0.2, 0.25) is 5.02 Å². The number of nitrogens with zero attached hydrogens (tertiary/aromatic N) is 3. The van der Waals surface area contributed by atoms with Crippen LogP contribution in [0.4, 0.5) is 17.1 Å². The van der Waals surface area contributed by atoms with E-state index in [4.69, 9.17) is 16.9 Å². The van der Waals surface area contributed by atoms with Crippen LogP contribution >= 0.6 is 11.6 Å². The highest BCUT2D eigenvalue weighted by Crippen LogP contribution is 2.29. The largest absolute Gasteiger partial charge is 0.295 e. The van der Waals surface area contributed by atoms with E-state index in [-0.39, 0.29) is 16.3 Å². The summed E-state index contributed by atoms with van der Waals surface area (Å²) in [4.78, 5) is 10.5. The average Bonchev–Trinajstić information content (AvgIpc) is 2.74. The number of halogens is 1. The molecule has 0 bridgehead atoms. The van der Waals surface area contributed by atoms with Gasteiger partial charge >= 0.3 is 0 Å². The molecule has 3 rings (SSSR count). The fourth-order valence-electron chi connectivity index (χ4n) is 2.51. The first-order chi connectivity index (χ1) is 14.8. The van der Waals surface area contributed by atoms with Crippen molar-refractivity contribution in [3.63, 3.8) is 0 Å². The number of nitro benzene ring substituents is 1. The highest BCUT2D eigenvalue weighted by molar-refractivity contribution is 7.92. The van der Waals surface area contributed by atoms with Crippen LogP contribution in [-0.4, -0.2) is 19.6 Å². The van der Waals surface area contributed by atoms with Gasteiger partial charge in [0.05, 0.1) is 33.4 Å². The first-order valence-corrected chi connectivity index (χ1v) is 10.5. The Labute approximate surface area is 182 Å². The molecule has 0 aliphatic carbocycles. The molecule has 0 heterocycles. The minimum atomic E-state index is -4.08. The molecule has 0 unspecified atom stereocenters. The van der Waals surface area contributed by atoms with E-state index in [1.54, 1.807) is 36.4 Å². The number of hydrazone groups is 1. The standard InChI is InChI=1S/C20H14ClN5O4S/c21-16-2-1-3-17(10-16)25-31(29,30)18-8-9-19(20(11-18)26(27)28)24-23-13-15-6-4-14(12-22)5-7-15/h1-11,13,24-25H/b23-13+. The molecule has 0 spiro atoms. The van der Waals surface area contributed by atoms with Crippen LogP contribution in [-0.2, 0) is 10.0 Å². The molecule has 0 amide bonds. The molecule has 0 aliphatic heterocycles. The quantitative estimate of drug-likeness (QED) is 0.308. The number of sulfonamides is 1. The van der Waals surface area contributed by atoms with Gasteiger partial charge in [-0.05, 0) is 48.0 Å². The molecule has 3 aromatic rings. The predicted molar refractivity (Wildman–Crippen MR) is 118 cm³/mol. The smallest absolute Gasteiger partial charge is 0.280 e. The first kappa shape index (κ1) is 21.8. The molecular formula is C20H14ClN5O4S. The minimum Gasteiger partial charge on any atom is -0.280 e. The highest BCUT2D eigenvalue weighted by atomic mass is 35.5. The van der Waals surface area contributed by atoms with E-state index >= 15 is 0 Å². The fraction of sp³-hybridized carbons (Fsp3) is 0. The lowest BCUT2D eigenvalue weighted by molar-refractivity contribution is -0.384. The van der Waals surface area contributed by atoms with Crippen molar-refractivity contribution in [2.24, 2.45) is 5.10 Å². The number of nitro groups is 1. The fourth-order valence-corrected chi connectivity index (χ4v) is 3.77. The Morgan fingerprint density at radius 2 is 1.84 bits per heavy atom. The third-order valence-electron chi connectivity index (χ3n) is 3.99. The second-order valence-electron chi connectivity index (χ2n) is 6.16. The van der Waals surface area contributed by atoms with Gasteiger partial charge in [0.1, 0.15) is 5.69 Å². The van der Waals surface area contributed by atoms with Gasteiger partial charge in [0.2, 0.25) is 0 Å². The van der Waals surface area contributed by atoms with E-state index in [1.807, 2.05) is 6.07 Å². The van der Waals surface area contributed by atoms with E-state index in [2.05, 4.69) is 15.2 Å². The van der Waals surface area contributed by atoms with Crippen molar-refractivity contribution in [1.82, 2.24) is 0 Å². The number of benzene rings is 3. The zero-order valence-electron chi connectivity index (χ0n) is 15.7. The molecular weight excluding hydrogens is 442 g/mol. The molecule has 0 radical (unpaired) electrons. The summed E-state index contributed by atoms with van der Waals surface area (Å²) in [6.07, 6.45) is 1.41. The van der Waals surface area contributed by atoms with Gasteiger partial charge in [-0.2, -0.15) is 10.4 Å². The van der Waals surface area contributed by atoms with E-state index < -0.39 is 20.6 Å². The summed E-state index contributed by atoms with van der Waals surface area (Å²) in [6.45, 7) is 0. The average molecular weight is 456 g/mol. The lowest BCUT2D eigenvalue weighted by Crippen LogP contribution is -2.13. The molecule has 0 atom stereocenters. The van der Waals surface area contributed by atoms with Gasteiger partial charge in [0, 0.05) is 11.1 Å². The number of hydrogen-bond acceptors (Lipinski definition) is 7. The van der Waals surface area contributed by atoms with Crippen molar-refractivity contribution in [3.05, 3.63) is 93.0 Å². The normalized spacial score (nSPS) is 11.1. The summed E-state index contributed by atoms with van der Waals surface area (Å²) in [7, 11) is -4.08. The second kappa shape index (κ2) is 9.25. The molecule has 0 fully saturated rings. The van der Waals surface area contributed by atoms with Crippen molar-refractivity contribution < 1.29 is 13.3 Å². The van der Waals surface area contributed by atoms with E-state index in [1.165, 1.54) is 30.5 Å². The molecule has 3 aromatic carbocycles. The number of anilines is 2. The molecule has 0 saturated carbocycles. The van der Waals surface area contributed by atoms with Crippen molar-refractivity contribution in [3.8, 4) is 6.07 Å². The topological polar surface area (TPSA) is 137 Å². The van der Waals surface area contributed by atoms with Crippen LogP contribution in [0.1, 0.15) is 11.1 Å². The monoisotopic (exact) mass is 455 g/mol. The summed E-state index contributed by atoms with van der Waals surface area (Å²) >= 11 is 5.86. The minimum absolute atomic E-state index is 0.0107. The zero-order valence-corrected chi connectivity index (χ0v) is 17.3. The van der Waals surface area contributed by atoms with Crippen molar-refractivity contribution in [1.29, 1.82) is 5.26 Å². The van der Waals surface area contributed by atoms with Gasteiger partial charge in [-0.15, -0.1) is 0 Å². The third-order valence-corrected chi connectivity index (χ3v) is 5.61. The second-order valence-corrected chi connectivity index (χ2v) is 8.27. The Kier molecular flexibility index (Phi) is 6.49.